The van der Waals surface area contributed by atoms with Crippen LogP contribution in [0, 0.1) is 5.92 Å². The molecule has 0 spiro atoms. The Labute approximate surface area is 107 Å². The number of hydrogen-bond acceptors (Lipinski definition) is 4. The van der Waals surface area contributed by atoms with Gasteiger partial charge in [0.15, 0.2) is 0 Å². The summed E-state index contributed by atoms with van der Waals surface area (Å²) in [4.78, 5) is 23.4. The number of amides is 2. The van der Waals surface area contributed by atoms with Crippen molar-refractivity contribution in [3.05, 3.63) is 0 Å². The van der Waals surface area contributed by atoms with Crippen molar-refractivity contribution in [2.45, 2.75) is 31.8 Å². The molecule has 3 N–H and O–H groups in total. The summed E-state index contributed by atoms with van der Waals surface area (Å²) in [5, 5.41) is 8.73. The maximum atomic E-state index is 11.9. The zero-order chi connectivity index (χ0) is 13.0. The predicted octanol–water partition coefficient (Wildman–Crippen LogP) is -0.994. The first-order valence-corrected chi connectivity index (χ1v) is 6.59. The first kappa shape index (κ1) is 13.3. The Morgan fingerprint density at radius 3 is 2.72 bits per heavy atom. The lowest BCUT2D eigenvalue weighted by atomic mass is 10.0. The molecule has 2 amide bonds. The van der Waals surface area contributed by atoms with Crippen molar-refractivity contribution in [3.63, 3.8) is 0 Å². The topological polar surface area (TPSA) is 79.5 Å². The van der Waals surface area contributed by atoms with E-state index < -0.39 is 0 Å². The summed E-state index contributed by atoms with van der Waals surface area (Å²) >= 11 is 0. The molecular formula is C12H21N3O3. The summed E-state index contributed by atoms with van der Waals surface area (Å²) in [6, 6.07) is 0.389. The highest BCUT2D eigenvalue weighted by Crippen LogP contribution is 2.18. The highest BCUT2D eigenvalue weighted by Gasteiger charge is 2.33. The van der Waals surface area contributed by atoms with Crippen molar-refractivity contribution < 1.29 is 14.3 Å². The first-order valence-electron chi connectivity index (χ1n) is 6.59. The predicted molar refractivity (Wildman–Crippen MR) is 65.9 cm³/mol. The highest BCUT2D eigenvalue weighted by molar-refractivity contribution is 5.86. The van der Waals surface area contributed by atoms with Crippen LogP contribution in [-0.4, -0.2) is 50.2 Å². The van der Waals surface area contributed by atoms with E-state index in [0.29, 0.717) is 19.3 Å². The smallest absolute Gasteiger partial charge is 0.239 e. The molecule has 0 aromatic heterocycles. The van der Waals surface area contributed by atoms with Crippen LogP contribution in [0.5, 0.6) is 0 Å². The molecule has 18 heavy (non-hydrogen) atoms. The second kappa shape index (κ2) is 6.15. The molecule has 2 unspecified atom stereocenters. The molecule has 6 heteroatoms. The lowest BCUT2D eigenvalue weighted by molar-refractivity contribution is -0.129. The lowest BCUT2D eigenvalue weighted by Crippen LogP contribution is -2.46. The Balaban J connectivity index is 1.70. The molecule has 2 atom stereocenters. The Bertz CT molecular complexity index is 318. The molecule has 0 aromatic carbocycles. The van der Waals surface area contributed by atoms with Gasteiger partial charge in [-0.3, -0.25) is 9.59 Å². The molecule has 2 fully saturated rings. The molecule has 2 aliphatic rings. The Morgan fingerprint density at radius 1 is 1.28 bits per heavy atom. The van der Waals surface area contributed by atoms with Gasteiger partial charge in [0, 0.05) is 12.1 Å². The number of rotatable bonds is 6. The van der Waals surface area contributed by atoms with E-state index in [-0.39, 0.29) is 30.3 Å². The molecule has 0 radical (unpaired) electrons. The van der Waals surface area contributed by atoms with Gasteiger partial charge in [0.25, 0.3) is 0 Å². The van der Waals surface area contributed by atoms with Crippen molar-refractivity contribution in [2.75, 3.05) is 26.3 Å². The van der Waals surface area contributed by atoms with Gasteiger partial charge in [0.2, 0.25) is 11.8 Å². The van der Waals surface area contributed by atoms with E-state index in [1.54, 1.807) is 0 Å². The summed E-state index contributed by atoms with van der Waals surface area (Å²) in [5.74, 6) is -0.409. The van der Waals surface area contributed by atoms with E-state index in [9.17, 15) is 9.59 Å². The fraction of sp³-hybridized carbons (Fsp3) is 0.833. The van der Waals surface area contributed by atoms with Crippen LogP contribution in [0.25, 0.3) is 0 Å². The largest absolute Gasteiger partial charge is 0.379 e. The molecular weight excluding hydrogens is 234 g/mol. The van der Waals surface area contributed by atoms with Crippen LogP contribution in [0.15, 0.2) is 0 Å². The van der Waals surface area contributed by atoms with Gasteiger partial charge < -0.3 is 20.7 Å². The quantitative estimate of drug-likeness (QED) is 0.569. The van der Waals surface area contributed by atoms with Gasteiger partial charge in [0.05, 0.1) is 25.7 Å². The third-order valence-electron chi connectivity index (χ3n) is 3.25. The summed E-state index contributed by atoms with van der Waals surface area (Å²) in [6.07, 6.45) is 2.11. The van der Waals surface area contributed by atoms with Crippen molar-refractivity contribution in [3.8, 4) is 0 Å². The van der Waals surface area contributed by atoms with Crippen molar-refractivity contribution in [2.24, 2.45) is 5.92 Å². The molecule has 1 aliphatic heterocycles. The normalized spacial score (nSPS) is 26.9. The SMILES string of the molecule is CCNC1COCC1C(=O)NCC(=O)NC1CC1. The van der Waals surface area contributed by atoms with Crippen LogP contribution in [-0.2, 0) is 14.3 Å². The first-order chi connectivity index (χ1) is 8.70. The molecule has 1 saturated carbocycles. The standard InChI is InChI=1S/C12H21N3O3/c1-2-13-10-7-18-6-9(10)12(17)14-5-11(16)15-8-3-4-8/h8-10,13H,2-7H2,1H3,(H,14,17)(H,15,16). The molecule has 1 aliphatic carbocycles. The van der Waals surface area contributed by atoms with Gasteiger partial charge in [-0.05, 0) is 19.4 Å². The molecule has 102 valence electrons. The van der Waals surface area contributed by atoms with E-state index >= 15 is 0 Å². The van der Waals surface area contributed by atoms with Gasteiger partial charge in [0.1, 0.15) is 0 Å². The molecule has 1 saturated heterocycles. The zero-order valence-corrected chi connectivity index (χ0v) is 10.7. The van der Waals surface area contributed by atoms with E-state index in [4.69, 9.17) is 4.74 Å². The monoisotopic (exact) mass is 255 g/mol. The second-order valence-corrected chi connectivity index (χ2v) is 4.87. The number of carbonyl (C=O) groups excluding carboxylic acids is 2. The van der Waals surface area contributed by atoms with Crippen LogP contribution in [0.2, 0.25) is 0 Å². The molecule has 6 nitrogen and oxygen atoms in total. The van der Waals surface area contributed by atoms with E-state index in [1.807, 2.05) is 6.92 Å². The molecule has 1 heterocycles. The minimum absolute atomic E-state index is 0.0569. The Hall–Kier alpha value is -1.14. The van der Waals surface area contributed by atoms with Crippen LogP contribution in [0.1, 0.15) is 19.8 Å². The van der Waals surface area contributed by atoms with Gasteiger partial charge in [-0.15, -0.1) is 0 Å². The zero-order valence-electron chi connectivity index (χ0n) is 10.7. The molecule has 0 bridgehead atoms. The molecule has 0 aromatic rings. The Kier molecular flexibility index (Phi) is 4.54. The van der Waals surface area contributed by atoms with Crippen molar-refractivity contribution >= 4 is 11.8 Å². The number of nitrogens with one attached hydrogen (secondary N) is 3. The number of likely N-dealkylation sites (N-methyl/N-ethyl adjacent to an activating group) is 1. The summed E-state index contributed by atoms with van der Waals surface area (Å²) < 4.78 is 5.30. The van der Waals surface area contributed by atoms with Crippen LogP contribution in [0.4, 0.5) is 0 Å². The fourth-order valence-corrected chi connectivity index (χ4v) is 2.08. The second-order valence-electron chi connectivity index (χ2n) is 4.87. The third-order valence-corrected chi connectivity index (χ3v) is 3.25. The minimum atomic E-state index is -0.196. The van der Waals surface area contributed by atoms with Crippen LogP contribution >= 0.6 is 0 Å². The van der Waals surface area contributed by atoms with Gasteiger partial charge in [-0.1, -0.05) is 6.92 Å². The minimum Gasteiger partial charge on any atom is -0.379 e. The number of ether oxygens (including phenoxy) is 1. The third kappa shape index (κ3) is 3.68. The van der Waals surface area contributed by atoms with Gasteiger partial charge in [-0.25, -0.2) is 0 Å². The van der Waals surface area contributed by atoms with E-state index in [0.717, 1.165) is 19.4 Å². The number of hydrogen-bond donors (Lipinski definition) is 3. The van der Waals surface area contributed by atoms with Crippen molar-refractivity contribution in [1.82, 2.24) is 16.0 Å². The fourth-order valence-electron chi connectivity index (χ4n) is 2.08. The van der Waals surface area contributed by atoms with Crippen molar-refractivity contribution in [1.29, 1.82) is 0 Å². The van der Waals surface area contributed by atoms with Gasteiger partial charge in [-0.2, -0.15) is 0 Å². The lowest BCUT2D eigenvalue weighted by Gasteiger charge is -2.17. The summed E-state index contributed by atoms with van der Waals surface area (Å²) in [5.41, 5.74) is 0. The highest BCUT2D eigenvalue weighted by atomic mass is 16.5. The average Bonchev–Trinajstić information content (AvgIpc) is 3.03. The number of carbonyl (C=O) groups is 2. The average molecular weight is 255 g/mol. The van der Waals surface area contributed by atoms with Crippen LogP contribution in [0.3, 0.4) is 0 Å². The maximum Gasteiger partial charge on any atom is 0.239 e. The Morgan fingerprint density at radius 2 is 2.06 bits per heavy atom. The van der Waals surface area contributed by atoms with Crippen LogP contribution < -0.4 is 16.0 Å². The van der Waals surface area contributed by atoms with E-state index in [2.05, 4.69) is 16.0 Å². The summed E-state index contributed by atoms with van der Waals surface area (Å²) in [7, 11) is 0. The molecule has 2 rings (SSSR count). The van der Waals surface area contributed by atoms with Gasteiger partial charge >= 0.3 is 0 Å². The summed E-state index contributed by atoms with van der Waals surface area (Å²) in [6.45, 7) is 3.84. The van der Waals surface area contributed by atoms with E-state index in [1.165, 1.54) is 0 Å². The maximum absolute atomic E-state index is 11.9.